The van der Waals surface area contributed by atoms with Gasteiger partial charge in [0.15, 0.2) is 0 Å². The lowest BCUT2D eigenvalue weighted by Crippen LogP contribution is -2.45. The van der Waals surface area contributed by atoms with Crippen LogP contribution in [0.15, 0.2) is 6.20 Å². The maximum absolute atomic E-state index is 10.3. The molecule has 82 valence electrons. The predicted molar refractivity (Wildman–Crippen MR) is 49.2 cm³/mol. The second-order valence-electron chi connectivity index (χ2n) is 3.60. The van der Waals surface area contributed by atoms with E-state index in [1.807, 2.05) is 0 Å². The number of aliphatic hydroxyl groups is 1. The van der Waals surface area contributed by atoms with Gasteiger partial charge in [-0.3, -0.25) is 0 Å². The zero-order valence-electron chi connectivity index (χ0n) is 8.00. The fourth-order valence-electron chi connectivity index (χ4n) is 1.77. The van der Waals surface area contributed by atoms with Gasteiger partial charge in [0.25, 0.3) is 0 Å². The largest absolute Gasteiger partial charge is 0.465 e. The molecule has 0 bridgehead atoms. The highest BCUT2D eigenvalue weighted by Crippen LogP contribution is 2.32. The molecule has 1 aliphatic carbocycles. The molecule has 3 N–H and O–H groups in total. The van der Waals surface area contributed by atoms with E-state index in [2.05, 4.69) is 15.6 Å². The molecule has 1 saturated carbocycles. The van der Waals surface area contributed by atoms with E-state index in [4.69, 9.17) is 10.2 Å². The number of amides is 1. The van der Waals surface area contributed by atoms with E-state index < -0.39 is 6.09 Å². The van der Waals surface area contributed by atoms with Crippen molar-refractivity contribution in [1.82, 2.24) is 20.3 Å². The van der Waals surface area contributed by atoms with Gasteiger partial charge in [-0.25, -0.2) is 9.48 Å². The van der Waals surface area contributed by atoms with Crippen LogP contribution in [0.2, 0.25) is 0 Å². The zero-order chi connectivity index (χ0) is 10.8. The summed E-state index contributed by atoms with van der Waals surface area (Å²) in [6, 6.07) is 0.134. The van der Waals surface area contributed by atoms with Crippen LogP contribution in [0.4, 0.5) is 4.79 Å². The van der Waals surface area contributed by atoms with Crippen molar-refractivity contribution >= 4 is 6.09 Å². The molecular formula is C8H12N4O3. The number of nitrogens with one attached hydrogen (secondary N) is 1. The Morgan fingerprint density at radius 1 is 1.67 bits per heavy atom. The fourth-order valence-corrected chi connectivity index (χ4v) is 1.77. The first-order valence-corrected chi connectivity index (χ1v) is 4.70. The molecule has 7 heteroatoms. The first-order valence-electron chi connectivity index (χ1n) is 4.70. The Kier molecular flexibility index (Phi) is 2.55. The average molecular weight is 212 g/mol. The second-order valence-corrected chi connectivity index (χ2v) is 3.60. The molecule has 1 aromatic rings. The number of aromatic nitrogens is 3. The van der Waals surface area contributed by atoms with Gasteiger partial charge in [-0.15, -0.1) is 5.10 Å². The van der Waals surface area contributed by atoms with Crippen molar-refractivity contribution in [2.45, 2.75) is 31.5 Å². The minimum absolute atomic E-state index is 0.0109. The molecule has 0 spiro atoms. The molecule has 15 heavy (non-hydrogen) atoms. The lowest BCUT2D eigenvalue weighted by molar-refractivity contribution is 0.158. The van der Waals surface area contributed by atoms with Gasteiger partial charge in [-0.05, 0) is 12.8 Å². The smallest absolute Gasteiger partial charge is 0.404 e. The highest BCUT2D eigenvalue weighted by molar-refractivity contribution is 5.65. The van der Waals surface area contributed by atoms with E-state index >= 15 is 0 Å². The lowest BCUT2D eigenvalue weighted by atomic mass is 9.87. The van der Waals surface area contributed by atoms with Gasteiger partial charge >= 0.3 is 6.09 Å². The van der Waals surface area contributed by atoms with Crippen LogP contribution in [0.5, 0.6) is 0 Å². The molecule has 2 rings (SSSR count). The number of carboxylic acid groups (broad SMARTS) is 1. The van der Waals surface area contributed by atoms with Crippen molar-refractivity contribution in [3.05, 3.63) is 11.9 Å². The van der Waals surface area contributed by atoms with Crippen LogP contribution in [0.25, 0.3) is 0 Å². The second kappa shape index (κ2) is 3.85. The van der Waals surface area contributed by atoms with Crippen LogP contribution in [0.1, 0.15) is 24.6 Å². The van der Waals surface area contributed by atoms with E-state index in [9.17, 15) is 4.79 Å². The Labute approximate surface area is 85.7 Å². The Morgan fingerprint density at radius 2 is 2.40 bits per heavy atom. The molecular weight excluding hydrogens is 200 g/mol. The molecule has 0 atom stereocenters. The molecule has 0 aliphatic heterocycles. The molecule has 0 radical (unpaired) electrons. The number of hydrogen-bond donors (Lipinski definition) is 3. The summed E-state index contributed by atoms with van der Waals surface area (Å²) in [5.41, 5.74) is 0.661. The fraction of sp³-hybridized carbons (Fsp3) is 0.625. The number of carbonyl (C=O) groups is 1. The van der Waals surface area contributed by atoms with Crippen molar-refractivity contribution in [1.29, 1.82) is 0 Å². The van der Waals surface area contributed by atoms with E-state index in [1.165, 1.54) is 6.20 Å². The van der Waals surface area contributed by atoms with Crippen LogP contribution < -0.4 is 5.32 Å². The molecule has 0 unspecified atom stereocenters. The number of nitrogens with zero attached hydrogens (tertiary/aromatic N) is 3. The molecule has 7 nitrogen and oxygen atoms in total. The predicted octanol–water partition coefficient (Wildman–Crippen LogP) is -0.259. The third kappa shape index (κ3) is 1.91. The summed E-state index contributed by atoms with van der Waals surface area (Å²) < 4.78 is 1.65. The number of rotatable bonds is 3. The van der Waals surface area contributed by atoms with Crippen LogP contribution in [-0.2, 0) is 6.61 Å². The summed E-state index contributed by atoms with van der Waals surface area (Å²) in [5.74, 6) is 0. The first-order chi connectivity index (χ1) is 7.20. The van der Waals surface area contributed by atoms with Crippen LogP contribution in [-0.4, -0.2) is 37.3 Å². The molecule has 0 aromatic carbocycles. The van der Waals surface area contributed by atoms with Gasteiger partial charge in [0.2, 0.25) is 0 Å². The Balaban J connectivity index is 1.91. The van der Waals surface area contributed by atoms with Gasteiger partial charge in [0, 0.05) is 6.04 Å². The topological polar surface area (TPSA) is 100 Å². The lowest BCUT2D eigenvalue weighted by Gasteiger charge is -2.35. The zero-order valence-corrected chi connectivity index (χ0v) is 8.00. The van der Waals surface area contributed by atoms with Gasteiger partial charge < -0.3 is 15.5 Å². The Bertz CT molecular complexity index is 359. The van der Waals surface area contributed by atoms with Crippen molar-refractivity contribution in [3.63, 3.8) is 0 Å². The van der Waals surface area contributed by atoms with Crippen molar-refractivity contribution in [3.8, 4) is 0 Å². The van der Waals surface area contributed by atoms with Gasteiger partial charge in [0.05, 0.1) is 24.5 Å². The van der Waals surface area contributed by atoms with Crippen LogP contribution in [0, 0.1) is 0 Å². The SMILES string of the molecule is O=C(O)N[C@H]1C[C@H](n2nncc2CO)C1. The minimum atomic E-state index is -1.00. The average Bonchev–Trinajstić information content (AvgIpc) is 2.57. The van der Waals surface area contributed by atoms with Crippen LogP contribution in [0.3, 0.4) is 0 Å². The Morgan fingerprint density at radius 3 is 3.00 bits per heavy atom. The highest BCUT2D eigenvalue weighted by atomic mass is 16.4. The van der Waals surface area contributed by atoms with Crippen molar-refractivity contribution in [2.24, 2.45) is 0 Å². The quantitative estimate of drug-likeness (QED) is 0.641. The minimum Gasteiger partial charge on any atom is -0.465 e. The van der Waals surface area contributed by atoms with Gasteiger partial charge in [0.1, 0.15) is 0 Å². The standard InChI is InChI=1S/C8H12N4O3/c13-4-7-3-9-11-12(7)6-1-5(2-6)10-8(14)15/h3,5-6,10,13H,1-2,4H2,(H,14,15)/t5-,6-. The molecule has 0 saturated heterocycles. The van der Waals surface area contributed by atoms with E-state index in [0.717, 1.165) is 0 Å². The summed E-state index contributed by atoms with van der Waals surface area (Å²) in [6.45, 7) is -0.0967. The monoisotopic (exact) mass is 212 g/mol. The summed E-state index contributed by atoms with van der Waals surface area (Å²) >= 11 is 0. The van der Waals surface area contributed by atoms with E-state index in [0.29, 0.717) is 18.5 Å². The van der Waals surface area contributed by atoms with Crippen molar-refractivity contribution in [2.75, 3.05) is 0 Å². The number of hydrogen-bond acceptors (Lipinski definition) is 4. The number of aliphatic hydroxyl groups excluding tert-OH is 1. The van der Waals surface area contributed by atoms with E-state index in [-0.39, 0.29) is 18.7 Å². The molecule has 1 heterocycles. The highest BCUT2D eigenvalue weighted by Gasteiger charge is 2.33. The molecule has 1 fully saturated rings. The van der Waals surface area contributed by atoms with Crippen LogP contribution >= 0.6 is 0 Å². The maximum Gasteiger partial charge on any atom is 0.404 e. The molecule has 1 aliphatic rings. The summed E-state index contributed by atoms with van der Waals surface area (Å²) in [6.07, 6.45) is 1.91. The summed E-state index contributed by atoms with van der Waals surface area (Å²) in [5, 5.41) is 27.4. The van der Waals surface area contributed by atoms with E-state index in [1.54, 1.807) is 4.68 Å². The van der Waals surface area contributed by atoms with Crippen molar-refractivity contribution < 1.29 is 15.0 Å². The summed E-state index contributed by atoms with van der Waals surface area (Å²) in [7, 11) is 0. The molecule has 1 amide bonds. The molecule has 1 aromatic heterocycles. The Hall–Kier alpha value is -1.63. The third-order valence-electron chi connectivity index (χ3n) is 2.60. The summed E-state index contributed by atoms with van der Waals surface area (Å²) in [4.78, 5) is 10.3. The third-order valence-corrected chi connectivity index (χ3v) is 2.60. The van der Waals surface area contributed by atoms with Gasteiger partial charge in [-0.2, -0.15) is 0 Å². The normalized spacial score (nSPS) is 24.6. The maximum atomic E-state index is 10.3. The first kappa shape index (κ1) is 9.91. The van der Waals surface area contributed by atoms with Gasteiger partial charge in [-0.1, -0.05) is 5.21 Å².